The fourth-order valence-electron chi connectivity index (χ4n) is 1.94. The van der Waals surface area contributed by atoms with Gasteiger partial charge in [0.2, 0.25) is 15.0 Å². The van der Waals surface area contributed by atoms with Crippen molar-refractivity contribution in [2.24, 2.45) is 0 Å². The van der Waals surface area contributed by atoms with Gasteiger partial charge in [0.15, 0.2) is 5.82 Å². The average molecular weight is 346 g/mol. The molecule has 0 radical (unpaired) electrons. The molecule has 0 bridgehead atoms. The van der Waals surface area contributed by atoms with Gasteiger partial charge in [0.1, 0.15) is 17.4 Å². The van der Waals surface area contributed by atoms with Gasteiger partial charge in [0.25, 0.3) is 5.69 Å². The predicted octanol–water partition coefficient (Wildman–Crippen LogP) is 1.48. The molecule has 3 rings (SSSR count). The molecule has 122 valence electrons. The fraction of sp³-hybridized carbons (Fsp3) is 0.0769. The van der Waals surface area contributed by atoms with Crippen LogP contribution in [0.1, 0.15) is 0 Å². The molecule has 0 amide bonds. The molecule has 2 heterocycles. The van der Waals surface area contributed by atoms with Gasteiger partial charge in [-0.1, -0.05) is 6.07 Å². The summed E-state index contributed by atoms with van der Waals surface area (Å²) in [5, 5.41) is 13.4. The van der Waals surface area contributed by atoms with Crippen LogP contribution in [0.15, 0.2) is 41.9 Å². The molecule has 0 atom stereocenters. The number of fused-ring (bicyclic) bond motifs is 1. The number of benzene rings is 1. The van der Waals surface area contributed by atoms with E-state index in [-0.39, 0.29) is 22.2 Å². The van der Waals surface area contributed by atoms with Gasteiger partial charge in [-0.05, 0) is 6.07 Å². The standard InChI is InChI=1S/C13H10N6O4S/c1-24(22,23)13-14-6-10-11(18-13)12(16-7-15-10)17-8-3-2-4-9(5-8)19(20)21/h2-7H,1H3,(H,15,16,17). The lowest BCUT2D eigenvalue weighted by atomic mass is 10.3. The number of rotatable bonds is 4. The van der Waals surface area contributed by atoms with Crippen molar-refractivity contribution in [1.82, 2.24) is 19.9 Å². The Morgan fingerprint density at radius 3 is 2.71 bits per heavy atom. The number of hydrogen-bond donors (Lipinski definition) is 1. The number of hydrogen-bond acceptors (Lipinski definition) is 9. The summed E-state index contributed by atoms with van der Waals surface area (Å²) in [7, 11) is -3.60. The van der Waals surface area contributed by atoms with Crippen LogP contribution in [0.4, 0.5) is 17.2 Å². The van der Waals surface area contributed by atoms with Gasteiger partial charge in [-0.25, -0.2) is 28.4 Å². The first kappa shape index (κ1) is 15.7. The number of nitro groups is 1. The van der Waals surface area contributed by atoms with Gasteiger partial charge in [-0.3, -0.25) is 10.1 Å². The summed E-state index contributed by atoms with van der Waals surface area (Å²) in [6, 6.07) is 5.81. The van der Waals surface area contributed by atoms with Crippen molar-refractivity contribution < 1.29 is 13.3 Å². The third-order valence-electron chi connectivity index (χ3n) is 3.01. The SMILES string of the molecule is CS(=O)(=O)c1ncc2ncnc(Nc3cccc([N+](=O)[O-])c3)c2n1. The molecule has 3 aromatic rings. The fourth-order valence-corrected chi connectivity index (χ4v) is 2.44. The maximum Gasteiger partial charge on any atom is 0.271 e. The molecule has 0 saturated heterocycles. The number of anilines is 2. The molecule has 1 aromatic carbocycles. The monoisotopic (exact) mass is 346 g/mol. The van der Waals surface area contributed by atoms with Gasteiger partial charge < -0.3 is 5.32 Å². The summed E-state index contributed by atoms with van der Waals surface area (Å²) in [6.45, 7) is 0. The molecule has 0 aliphatic rings. The highest BCUT2D eigenvalue weighted by molar-refractivity contribution is 7.90. The first-order valence-electron chi connectivity index (χ1n) is 6.54. The number of aromatic nitrogens is 4. The van der Waals surface area contributed by atoms with E-state index in [1.165, 1.54) is 30.7 Å². The average Bonchev–Trinajstić information content (AvgIpc) is 2.54. The zero-order valence-corrected chi connectivity index (χ0v) is 13.1. The van der Waals surface area contributed by atoms with Gasteiger partial charge >= 0.3 is 0 Å². The highest BCUT2D eigenvalue weighted by atomic mass is 32.2. The smallest absolute Gasteiger partial charge is 0.271 e. The van der Waals surface area contributed by atoms with Crippen molar-refractivity contribution in [1.29, 1.82) is 0 Å². The van der Waals surface area contributed by atoms with Crippen LogP contribution in [0, 0.1) is 10.1 Å². The predicted molar refractivity (Wildman–Crippen MR) is 84.6 cm³/mol. The maximum absolute atomic E-state index is 11.6. The second-order valence-corrected chi connectivity index (χ2v) is 6.72. The number of non-ortho nitro benzene ring substituents is 1. The molecular weight excluding hydrogens is 336 g/mol. The molecule has 0 unspecified atom stereocenters. The van der Waals surface area contributed by atoms with Crippen LogP contribution in [-0.4, -0.2) is 39.5 Å². The van der Waals surface area contributed by atoms with Crippen molar-refractivity contribution in [3.8, 4) is 0 Å². The van der Waals surface area contributed by atoms with Crippen LogP contribution in [0.25, 0.3) is 11.0 Å². The molecule has 0 saturated carbocycles. The zero-order valence-electron chi connectivity index (χ0n) is 12.2. The van der Waals surface area contributed by atoms with E-state index < -0.39 is 14.8 Å². The lowest BCUT2D eigenvalue weighted by Crippen LogP contribution is -2.06. The minimum Gasteiger partial charge on any atom is -0.338 e. The van der Waals surface area contributed by atoms with Crippen molar-refractivity contribution in [3.05, 3.63) is 46.9 Å². The molecular formula is C13H10N6O4S. The van der Waals surface area contributed by atoms with Crippen LogP contribution in [0.5, 0.6) is 0 Å². The Morgan fingerprint density at radius 2 is 2.00 bits per heavy atom. The molecule has 0 aliphatic carbocycles. The summed E-state index contributed by atoms with van der Waals surface area (Å²) in [5.74, 6) is 0.216. The largest absolute Gasteiger partial charge is 0.338 e. The van der Waals surface area contributed by atoms with E-state index in [0.717, 1.165) is 6.26 Å². The Labute approximate surface area is 135 Å². The summed E-state index contributed by atoms with van der Waals surface area (Å²) in [4.78, 5) is 26.1. The van der Waals surface area contributed by atoms with E-state index in [2.05, 4.69) is 25.3 Å². The van der Waals surface area contributed by atoms with Crippen molar-refractivity contribution >= 4 is 38.1 Å². The van der Waals surface area contributed by atoms with Gasteiger partial charge in [-0.2, -0.15) is 0 Å². The molecule has 0 spiro atoms. The summed E-state index contributed by atoms with van der Waals surface area (Å²) in [6.07, 6.45) is 3.52. The van der Waals surface area contributed by atoms with Crippen LogP contribution in [-0.2, 0) is 9.84 Å². The van der Waals surface area contributed by atoms with Gasteiger partial charge in [0.05, 0.1) is 11.1 Å². The van der Waals surface area contributed by atoms with E-state index in [1.54, 1.807) is 6.07 Å². The third kappa shape index (κ3) is 3.10. The van der Waals surface area contributed by atoms with Gasteiger partial charge in [-0.15, -0.1) is 0 Å². The van der Waals surface area contributed by atoms with E-state index in [1.807, 2.05) is 0 Å². The Kier molecular flexibility index (Phi) is 3.77. The highest BCUT2D eigenvalue weighted by Crippen LogP contribution is 2.24. The second-order valence-electron chi connectivity index (χ2n) is 4.81. The number of nitro benzene ring substituents is 1. The van der Waals surface area contributed by atoms with Crippen LogP contribution < -0.4 is 5.32 Å². The zero-order chi connectivity index (χ0) is 17.3. The van der Waals surface area contributed by atoms with Crippen molar-refractivity contribution in [2.45, 2.75) is 5.16 Å². The van der Waals surface area contributed by atoms with E-state index in [4.69, 9.17) is 0 Å². The molecule has 0 fully saturated rings. The minimum absolute atomic E-state index is 0.0928. The quantitative estimate of drug-likeness (QED) is 0.422. The first-order chi connectivity index (χ1) is 11.3. The minimum atomic E-state index is -3.60. The highest BCUT2D eigenvalue weighted by Gasteiger charge is 2.15. The molecule has 0 aliphatic heterocycles. The van der Waals surface area contributed by atoms with Crippen molar-refractivity contribution in [3.63, 3.8) is 0 Å². The Bertz CT molecular complexity index is 1050. The molecule has 11 heteroatoms. The number of sulfone groups is 1. The maximum atomic E-state index is 11.6. The van der Waals surface area contributed by atoms with Crippen LogP contribution >= 0.6 is 0 Å². The molecule has 2 aromatic heterocycles. The lowest BCUT2D eigenvalue weighted by molar-refractivity contribution is -0.384. The molecule has 24 heavy (non-hydrogen) atoms. The number of nitrogens with zero attached hydrogens (tertiary/aromatic N) is 5. The normalized spacial score (nSPS) is 11.4. The number of nitrogens with one attached hydrogen (secondary N) is 1. The molecule has 10 nitrogen and oxygen atoms in total. The second kappa shape index (κ2) is 5.77. The van der Waals surface area contributed by atoms with E-state index >= 15 is 0 Å². The molecule has 1 N–H and O–H groups in total. The topological polar surface area (TPSA) is 141 Å². The van der Waals surface area contributed by atoms with Crippen LogP contribution in [0.2, 0.25) is 0 Å². The Morgan fingerprint density at radius 1 is 1.21 bits per heavy atom. The van der Waals surface area contributed by atoms with Gasteiger partial charge in [0, 0.05) is 24.1 Å². The Hall–Kier alpha value is -3.21. The summed E-state index contributed by atoms with van der Waals surface area (Å²) >= 11 is 0. The third-order valence-corrected chi connectivity index (χ3v) is 3.87. The summed E-state index contributed by atoms with van der Waals surface area (Å²) in [5.41, 5.74) is 0.846. The lowest BCUT2D eigenvalue weighted by Gasteiger charge is -2.08. The first-order valence-corrected chi connectivity index (χ1v) is 8.43. The summed E-state index contributed by atoms with van der Waals surface area (Å²) < 4.78 is 23.2. The van der Waals surface area contributed by atoms with E-state index in [0.29, 0.717) is 11.2 Å². The van der Waals surface area contributed by atoms with E-state index in [9.17, 15) is 18.5 Å². The Balaban J connectivity index is 2.09. The van der Waals surface area contributed by atoms with Crippen molar-refractivity contribution in [2.75, 3.05) is 11.6 Å². The van der Waals surface area contributed by atoms with Crippen LogP contribution in [0.3, 0.4) is 0 Å².